The fourth-order valence-electron chi connectivity index (χ4n) is 2.38. The van der Waals surface area contributed by atoms with E-state index in [0.29, 0.717) is 18.3 Å². The van der Waals surface area contributed by atoms with Crippen molar-refractivity contribution in [2.45, 2.75) is 19.1 Å². The van der Waals surface area contributed by atoms with E-state index in [-0.39, 0.29) is 30.5 Å². The molecule has 1 aliphatic heterocycles. The van der Waals surface area contributed by atoms with Gasteiger partial charge in [0.25, 0.3) is 0 Å². The normalized spacial score (nSPS) is 20.5. The van der Waals surface area contributed by atoms with Crippen LogP contribution in [0.5, 0.6) is 0 Å². The number of hydrogen-bond donors (Lipinski definition) is 2. The van der Waals surface area contributed by atoms with Crippen LogP contribution in [0.25, 0.3) is 12.2 Å². The van der Waals surface area contributed by atoms with Crippen LogP contribution < -0.4 is 10.6 Å². The summed E-state index contributed by atoms with van der Waals surface area (Å²) in [6.45, 7) is 3.22. The van der Waals surface area contributed by atoms with Gasteiger partial charge in [0.15, 0.2) is 5.13 Å². The third kappa shape index (κ3) is 4.88. The smallest absolute Gasteiger partial charge is 0.245 e. The molecular weight excluding hydrogens is 346 g/mol. The maximum absolute atomic E-state index is 12.3. The summed E-state index contributed by atoms with van der Waals surface area (Å²) in [5, 5.41) is 8.54. The van der Waals surface area contributed by atoms with Crippen molar-refractivity contribution in [1.29, 1.82) is 0 Å². The number of thiazole rings is 1. The molecule has 2 heterocycles. The first-order valence-corrected chi connectivity index (χ1v) is 8.45. The molecule has 1 fully saturated rings. The van der Waals surface area contributed by atoms with Gasteiger partial charge in [-0.2, -0.15) is 0 Å². The number of anilines is 1. The number of morpholine rings is 1. The van der Waals surface area contributed by atoms with E-state index in [1.165, 1.54) is 11.3 Å². The minimum atomic E-state index is -0.337. The van der Waals surface area contributed by atoms with Crippen LogP contribution in [0.2, 0.25) is 0 Å². The minimum absolute atomic E-state index is 0. The minimum Gasteiger partial charge on any atom is -0.375 e. The summed E-state index contributed by atoms with van der Waals surface area (Å²) in [7, 11) is 0. The number of benzene rings is 1. The van der Waals surface area contributed by atoms with Crippen LogP contribution in [0.4, 0.5) is 5.13 Å². The van der Waals surface area contributed by atoms with Gasteiger partial charge in [0.05, 0.1) is 18.4 Å². The first kappa shape index (κ1) is 18.6. The fourth-order valence-corrected chi connectivity index (χ4v) is 3.06. The van der Waals surface area contributed by atoms with Crippen LogP contribution >= 0.6 is 23.7 Å². The highest BCUT2D eigenvalue weighted by Crippen LogP contribution is 2.18. The van der Waals surface area contributed by atoms with Crippen molar-refractivity contribution in [3.63, 3.8) is 0 Å². The number of nitrogens with one attached hydrogen (secondary N) is 2. The number of rotatable bonds is 4. The van der Waals surface area contributed by atoms with Crippen LogP contribution in [-0.2, 0) is 9.53 Å². The first-order chi connectivity index (χ1) is 11.2. The molecule has 5 nitrogen and oxygen atoms in total. The van der Waals surface area contributed by atoms with E-state index in [0.717, 1.165) is 11.3 Å². The number of hydrogen-bond acceptors (Lipinski definition) is 5. The van der Waals surface area contributed by atoms with Gasteiger partial charge in [-0.3, -0.25) is 4.79 Å². The zero-order valence-corrected chi connectivity index (χ0v) is 14.9. The second kappa shape index (κ2) is 8.94. The van der Waals surface area contributed by atoms with E-state index in [2.05, 4.69) is 15.6 Å². The standard InChI is InChI=1S/C17H19N3O2S.ClH/c1-12-15(18-9-10-22-12)16(21)20-17-19-14(11-23-17)8-7-13-5-3-2-4-6-13;/h2-8,11-12,15,18H,9-10H2,1H3,(H,19,20,21);1H/b8-7+;/t12-,15+;/m1./s1. The van der Waals surface area contributed by atoms with Gasteiger partial charge in [0.1, 0.15) is 6.04 Å². The molecule has 1 aromatic heterocycles. The lowest BCUT2D eigenvalue weighted by atomic mass is 10.1. The Morgan fingerprint density at radius 2 is 2.17 bits per heavy atom. The molecular formula is C17H20ClN3O2S. The third-order valence-corrected chi connectivity index (χ3v) is 4.37. The average Bonchev–Trinajstić information content (AvgIpc) is 3.02. The molecule has 24 heavy (non-hydrogen) atoms. The lowest BCUT2D eigenvalue weighted by Gasteiger charge is -2.28. The van der Waals surface area contributed by atoms with Crippen LogP contribution in [-0.4, -0.2) is 36.2 Å². The van der Waals surface area contributed by atoms with Gasteiger partial charge >= 0.3 is 0 Å². The quantitative estimate of drug-likeness (QED) is 0.874. The summed E-state index contributed by atoms with van der Waals surface area (Å²) in [5.41, 5.74) is 1.94. The number of halogens is 1. The van der Waals surface area contributed by atoms with Gasteiger partial charge in [-0.1, -0.05) is 36.4 Å². The van der Waals surface area contributed by atoms with Gasteiger partial charge in [-0.05, 0) is 18.6 Å². The monoisotopic (exact) mass is 365 g/mol. The zero-order valence-electron chi connectivity index (χ0n) is 13.3. The molecule has 2 N–H and O–H groups in total. The average molecular weight is 366 g/mol. The lowest BCUT2D eigenvalue weighted by Crippen LogP contribution is -2.53. The van der Waals surface area contributed by atoms with Crippen LogP contribution in [0.1, 0.15) is 18.2 Å². The van der Waals surface area contributed by atoms with E-state index in [4.69, 9.17) is 4.74 Å². The maximum Gasteiger partial charge on any atom is 0.245 e. The van der Waals surface area contributed by atoms with Crippen molar-refractivity contribution in [1.82, 2.24) is 10.3 Å². The molecule has 0 aliphatic carbocycles. The van der Waals surface area contributed by atoms with Crippen LogP contribution in [0, 0.1) is 0 Å². The second-order valence-electron chi connectivity index (χ2n) is 5.32. The largest absolute Gasteiger partial charge is 0.375 e. The predicted molar refractivity (Wildman–Crippen MR) is 101 cm³/mol. The van der Waals surface area contributed by atoms with E-state index in [1.54, 1.807) is 0 Å². The Morgan fingerprint density at radius 3 is 2.92 bits per heavy atom. The molecule has 1 saturated heterocycles. The second-order valence-corrected chi connectivity index (χ2v) is 6.18. The van der Waals surface area contributed by atoms with Crippen LogP contribution in [0.15, 0.2) is 35.7 Å². The zero-order chi connectivity index (χ0) is 16.1. The molecule has 0 spiro atoms. The molecule has 2 aromatic rings. The molecule has 0 bridgehead atoms. The lowest BCUT2D eigenvalue weighted by molar-refractivity contribution is -0.123. The summed E-state index contributed by atoms with van der Waals surface area (Å²) in [4.78, 5) is 16.7. The molecule has 0 radical (unpaired) electrons. The van der Waals surface area contributed by atoms with E-state index < -0.39 is 0 Å². The Kier molecular flexibility index (Phi) is 6.93. The number of aromatic nitrogens is 1. The van der Waals surface area contributed by atoms with Crippen molar-refractivity contribution in [2.75, 3.05) is 18.5 Å². The number of carbonyl (C=O) groups excluding carboxylic acids is 1. The highest BCUT2D eigenvalue weighted by atomic mass is 35.5. The Hall–Kier alpha value is -1.73. The van der Waals surface area contributed by atoms with E-state index in [1.807, 2.05) is 54.8 Å². The number of amides is 1. The molecule has 2 atom stereocenters. The Labute approximate surface area is 151 Å². The number of nitrogens with zero attached hydrogens (tertiary/aromatic N) is 1. The van der Waals surface area contributed by atoms with Crippen LogP contribution in [0.3, 0.4) is 0 Å². The van der Waals surface area contributed by atoms with Crippen molar-refractivity contribution in [2.24, 2.45) is 0 Å². The molecule has 1 amide bonds. The highest BCUT2D eigenvalue weighted by molar-refractivity contribution is 7.14. The Bertz CT molecular complexity index is 690. The maximum atomic E-state index is 12.3. The molecule has 0 unspecified atom stereocenters. The topological polar surface area (TPSA) is 63.2 Å². The SMILES string of the molecule is C[C@H]1OCCN[C@@H]1C(=O)Nc1nc(/C=C/c2ccccc2)cs1.Cl. The molecule has 7 heteroatoms. The fraction of sp³-hybridized carbons (Fsp3) is 0.294. The van der Waals surface area contributed by atoms with E-state index >= 15 is 0 Å². The summed E-state index contributed by atoms with van der Waals surface area (Å²) in [5.74, 6) is -0.106. The first-order valence-electron chi connectivity index (χ1n) is 7.57. The van der Waals surface area contributed by atoms with Gasteiger partial charge in [-0.25, -0.2) is 4.98 Å². The molecule has 3 rings (SSSR count). The van der Waals surface area contributed by atoms with Crippen molar-refractivity contribution in [3.8, 4) is 0 Å². The number of ether oxygens (including phenoxy) is 1. The third-order valence-electron chi connectivity index (χ3n) is 3.60. The highest BCUT2D eigenvalue weighted by Gasteiger charge is 2.28. The molecule has 0 saturated carbocycles. The van der Waals surface area contributed by atoms with Gasteiger partial charge in [0, 0.05) is 11.9 Å². The Morgan fingerprint density at radius 1 is 1.38 bits per heavy atom. The summed E-state index contributed by atoms with van der Waals surface area (Å²) in [6.07, 6.45) is 3.80. The van der Waals surface area contributed by atoms with Gasteiger partial charge < -0.3 is 15.4 Å². The molecule has 1 aliphatic rings. The van der Waals surface area contributed by atoms with Crippen molar-refractivity contribution in [3.05, 3.63) is 47.0 Å². The summed E-state index contributed by atoms with van der Waals surface area (Å²) >= 11 is 1.42. The molecule has 128 valence electrons. The Balaban J connectivity index is 0.00000208. The van der Waals surface area contributed by atoms with Crippen molar-refractivity contribution < 1.29 is 9.53 Å². The number of carbonyl (C=O) groups is 1. The predicted octanol–water partition coefficient (Wildman–Crippen LogP) is 3.05. The van der Waals surface area contributed by atoms with Gasteiger partial charge in [0.2, 0.25) is 5.91 Å². The van der Waals surface area contributed by atoms with Crippen molar-refractivity contribution >= 4 is 46.9 Å². The van der Waals surface area contributed by atoms with E-state index in [9.17, 15) is 4.79 Å². The summed E-state index contributed by atoms with van der Waals surface area (Å²) in [6, 6.07) is 9.69. The molecule has 1 aromatic carbocycles. The van der Waals surface area contributed by atoms with Gasteiger partial charge in [-0.15, -0.1) is 23.7 Å². The summed E-state index contributed by atoms with van der Waals surface area (Å²) < 4.78 is 5.49.